The molecule has 1 amide bonds. The number of hydrogen-bond acceptors (Lipinski definition) is 4. The standard InChI is InChI=1S/C18H17F2N5O/c1-11(2)12-3-5-13(6-4-12)18-22-24-25(23-18)10-17(26)21-16-8-7-14(19)9-15(16)20/h3-9,11H,10H2,1-2H3,(H,21,26). The highest BCUT2D eigenvalue weighted by Gasteiger charge is 2.12. The zero-order chi connectivity index (χ0) is 18.7. The van der Waals surface area contributed by atoms with Crippen LogP contribution in [0.2, 0.25) is 0 Å². The van der Waals surface area contributed by atoms with Gasteiger partial charge < -0.3 is 5.32 Å². The fourth-order valence-electron chi connectivity index (χ4n) is 2.35. The number of carbonyl (C=O) groups excluding carboxylic acids is 1. The highest BCUT2D eigenvalue weighted by Crippen LogP contribution is 2.19. The predicted molar refractivity (Wildman–Crippen MR) is 92.3 cm³/mol. The van der Waals surface area contributed by atoms with Gasteiger partial charge in [-0.3, -0.25) is 4.79 Å². The molecule has 0 atom stereocenters. The van der Waals surface area contributed by atoms with E-state index in [9.17, 15) is 13.6 Å². The van der Waals surface area contributed by atoms with Crippen molar-refractivity contribution in [3.8, 4) is 11.4 Å². The molecule has 134 valence electrons. The van der Waals surface area contributed by atoms with E-state index in [2.05, 4.69) is 34.6 Å². The average Bonchev–Trinajstić information content (AvgIpc) is 3.06. The zero-order valence-electron chi connectivity index (χ0n) is 14.3. The molecule has 8 heteroatoms. The molecule has 0 unspecified atom stereocenters. The van der Waals surface area contributed by atoms with Crippen LogP contribution >= 0.6 is 0 Å². The number of carbonyl (C=O) groups is 1. The van der Waals surface area contributed by atoms with Crippen LogP contribution in [-0.2, 0) is 11.3 Å². The van der Waals surface area contributed by atoms with Gasteiger partial charge in [-0.25, -0.2) is 8.78 Å². The maximum absolute atomic E-state index is 13.6. The number of aromatic nitrogens is 4. The van der Waals surface area contributed by atoms with Gasteiger partial charge in [-0.15, -0.1) is 10.2 Å². The van der Waals surface area contributed by atoms with E-state index in [0.717, 1.165) is 22.5 Å². The third-order valence-electron chi connectivity index (χ3n) is 3.78. The van der Waals surface area contributed by atoms with E-state index in [0.29, 0.717) is 17.8 Å². The molecule has 6 nitrogen and oxygen atoms in total. The van der Waals surface area contributed by atoms with Crippen molar-refractivity contribution in [1.29, 1.82) is 0 Å². The Labute approximate surface area is 148 Å². The summed E-state index contributed by atoms with van der Waals surface area (Å²) in [6, 6.07) is 10.7. The van der Waals surface area contributed by atoms with Crippen molar-refractivity contribution >= 4 is 11.6 Å². The molecule has 2 aromatic carbocycles. The normalized spacial score (nSPS) is 11.0. The lowest BCUT2D eigenvalue weighted by molar-refractivity contribution is -0.117. The fourth-order valence-corrected chi connectivity index (χ4v) is 2.35. The van der Waals surface area contributed by atoms with Gasteiger partial charge in [0.05, 0.1) is 5.69 Å². The molecular formula is C18H17F2N5O. The Balaban J connectivity index is 1.67. The lowest BCUT2D eigenvalue weighted by atomic mass is 10.0. The Bertz CT molecular complexity index is 922. The van der Waals surface area contributed by atoms with Gasteiger partial charge in [0.25, 0.3) is 0 Å². The van der Waals surface area contributed by atoms with Gasteiger partial charge in [-0.2, -0.15) is 4.80 Å². The highest BCUT2D eigenvalue weighted by molar-refractivity contribution is 5.90. The molecule has 1 heterocycles. The molecule has 3 aromatic rings. The molecule has 0 saturated heterocycles. The Morgan fingerprint density at radius 1 is 1.15 bits per heavy atom. The molecule has 0 aliphatic carbocycles. The number of benzene rings is 2. The molecule has 0 radical (unpaired) electrons. The van der Waals surface area contributed by atoms with Crippen LogP contribution in [0, 0.1) is 11.6 Å². The number of hydrogen-bond donors (Lipinski definition) is 1. The summed E-state index contributed by atoms with van der Waals surface area (Å²) in [7, 11) is 0. The SMILES string of the molecule is CC(C)c1ccc(-c2nnn(CC(=O)Nc3ccc(F)cc3F)n2)cc1. The second-order valence-electron chi connectivity index (χ2n) is 6.09. The first kappa shape index (κ1) is 17.7. The van der Waals surface area contributed by atoms with Gasteiger partial charge in [-0.05, 0) is 28.8 Å². The summed E-state index contributed by atoms with van der Waals surface area (Å²) in [5.74, 6) is -1.30. The largest absolute Gasteiger partial charge is 0.322 e. The number of nitrogens with zero attached hydrogens (tertiary/aromatic N) is 4. The maximum Gasteiger partial charge on any atom is 0.248 e. The molecule has 0 fully saturated rings. The number of anilines is 1. The minimum Gasteiger partial charge on any atom is -0.322 e. The van der Waals surface area contributed by atoms with Crippen LogP contribution in [0.1, 0.15) is 25.3 Å². The van der Waals surface area contributed by atoms with E-state index >= 15 is 0 Å². The number of nitrogens with one attached hydrogen (secondary N) is 1. The Hall–Kier alpha value is -3.16. The quantitative estimate of drug-likeness (QED) is 0.760. The van der Waals surface area contributed by atoms with Crippen molar-refractivity contribution in [2.45, 2.75) is 26.3 Å². The highest BCUT2D eigenvalue weighted by atomic mass is 19.1. The summed E-state index contributed by atoms with van der Waals surface area (Å²) in [5.41, 5.74) is 1.87. The van der Waals surface area contributed by atoms with Crippen molar-refractivity contribution in [3.05, 3.63) is 59.7 Å². The Kier molecular flexibility index (Phi) is 5.01. The van der Waals surface area contributed by atoms with Gasteiger partial charge >= 0.3 is 0 Å². The van der Waals surface area contributed by atoms with Crippen LogP contribution in [-0.4, -0.2) is 26.1 Å². The monoisotopic (exact) mass is 357 g/mol. The fraction of sp³-hybridized carbons (Fsp3) is 0.222. The van der Waals surface area contributed by atoms with Gasteiger partial charge in [0.1, 0.15) is 18.2 Å². The van der Waals surface area contributed by atoms with Gasteiger partial charge in [0, 0.05) is 11.6 Å². The van der Waals surface area contributed by atoms with Crippen LogP contribution in [0.4, 0.5) is 14.5 Å². The van der Waals surface area contributed by atoms with Gasteiger partial charge in [0.2, 0.25) is 11.7 Å². The lowest BCUT2D eigenvalue weighted by Gasteiger charge is -2.05. The van der Waals surface area contributed by atoms with Crippen molar-refractivity contribution in [2.75, 3.05) is 5.32 Å². The second kappa shape index (κ2) is 7.38. The molecule has 0 bridgehead atoms. The molecule has 0 saturated carbocycles. The first-order valence-electron chi connectivity index (χ1n) is 8.05. The summed E-state index contributed by atoms with van der Waals surface area (Å²) >= 11 is 0. The summed E-state index contributed by atoms with van der Waals surface area (Å²) in [5, 5.41) is 14.3. The molecular weight excluding hydrogens is 340 g/mol. The molecule has 1 N–H and O–H groups in total. The van der Waals surface area contributed by atoms with Crippen molar-refractivity contribution < 1.29 is 13.6 Å². The topological polar surface area (TPSA) is 72.7 Å². The van der Waals surface area contributed by atoms with E-state index in [1.807, 2.05) is 24.3 Å². The van der Waals surface area contributed by atoms with Gasteiger partial charge in [0.15, 0.2) is 0 Å². The van der Waals surface area contributed by atoms with Crippen molar-refractivity contribution in [1.82, 2.24) is 20.2 Å². The first-order valence-corrected chi connectivity index (χ1v) is 8.05. The first-order chi connectivity index (χ1) is 12.4. The molecule has 0 aliphatic heterocycles. The molecule has 0 aliphatic rings. The van der Waals surface area contributed by atoms with Crippen molar-refractivity contribution in [2.24, 2.45) is 0 Å². The number of tetrazole rings is 1. The van der Waals surface area contributed by atoms with Gasteiger partial charge in [-0.1, -0.05) is 38.1 Å². The summed E-state index contributed by atoms with van der Waals surface area (Å²) in [6.07, 6.45) is 0. The minimum atomic E-state index is -0.851. The molecule has 26 heavy (non-hydrogen) atoms. The minimum absolute atomic E-state index is 0.110. The van der Waals surface area contributed by atoms with E-state index in [-0.39, 0.29) is 12.2 Å². The third kappa shape index (κ3) is 4.08. The number of rotatable bonds is 5. The van der Waals surface area contributed by atoms with Crippen LogP contribution in [0.25, 0.3) is 11.4 Å². The number of halogens is 2. The van der Waals surface area contributed by atoms with E-state index in [1.54, 1.807) is 0 Å². The second-order valence-corrected chi connectivity index (χ2v) is 6.09. The van der Waals surface area contributed by atoms with Crippen LogP contribution in [0.5, 0.6) is 0 Å². The smallest absolute Gasteiger partial charge is 0.248 e. The molecule has 1 aromatic heterocycles. The van der Waals surface area contributed by atoms with Crippen LogP contribution < -0.4 is 5.32 Å². The third-order valence-corrected chi connectivity index (χ3v) is 3.78. The summed E-state index contributed by atoms with van der Waals surface area (Å²) < 4.78 is 26.4. The molecule has 3 rings (SSSR count). The number of amides is 1. The Morgan fingerprint density at radius 3 is 2.54 bits per heavy atom. The average molecular weight is 357 g/mol. The van der Waals surface area contributed by atoms with E-state index in [4.69, 9.17) is 0 Å². The van der Waals surface area contributed by atoms with E-state index in [1.165, 1.54) is 5.56 Å². The molecule has 0 spiro atoms. The van der Waals surface area contributed by atoms with Crippen LogP contribution in [0.3, 0.4) is 0 Å². The lowest BCUT2D eigenvalue weighted by Crippen LogP contribution is -2.21. The summed E-state index contributed by atoms with van der Waals surface area (Å²) in [6.45, 7) is 3.96. The predicted octanol–water partition coefficient (Wildman–Crippen LogP) is 3.38. The zero-order valence-corrected chi connectivity index (χ0v) is 14.3. The van der Waals surface area contributed by atoms with E-state index < -0.39 is 17.5 Å². The summed E-state index contributed by atoms with van der Waals surface area (Å²) in [4.78, 5) is 13.1. The van der Waals surface area contributed by atoms with Crippen LogP contribution in [0.15, 0.2) is 42.5 Å². The maximum atomic E-state index is 13.6. The Morgan fingerprint density at radius 2 is 1.88 bits per heavy atom. The van der Waals surface area contributed by atoms with Crippen molar-refractivity contribution in [3.63, 3.8) is 0 Å².